The molecule has 0 N–H and O–H groups in total. The van der Waals surface area contributed by atoms with Gasteiger partial charge in [-0.25, -0.2) is 0 Å². The molecule has 208 valence electrons. The Labute approximate surface area is 211 Å². The van der Waals surface area contributed by atoms with Gasteiger partial charge in [-0.3, -0.25) is 4.79 Å². The number of hydrogen-bond donors (Lipinski definition) is 0. The largest absolute Gasteiger partial charge is 0.463 e. The normalized spacial score (nSPS) is 11.1. The minimum atomic E-state index is -0.156. The molecule has 0 rings (SSSR count). The Morgan fingerprint density at radius 3 is 1.23 bits per heavy atom. The lowest BCUT2D eigenvalue weighted by Gasteiger charge is -2.09. The molecule has 0 aromatic heterocycles. The Bertz CT molecular complexity index is 436. The second-order valence-electron chi connectivity index (χ2n) is 7.33. The van der Waals surface area contributed by atoms with Gasteiger partial charge in [-0.15, -0.1) is 6.58 Å². The average Bonchev–Trinajstić information content (AvgIpc) is 2.86. The zero-order chi connectivity index (χ0) is 25.5. The number of hydrogen-bond acceptors (Lipinski definition) is 10. The van der Waals surface area contributed by atoms with Crippen LogP contribution in [0.2, 0.25) is 0 Å². The number of carbonyl (C=O) groups is 1. The van der Waals surface area contributed by atoms with Crippen LogP contribution in [0.15, 0.2) is 12.7 Å². The summed E-state index contributed by atoms with van der Waals surface area (Å²) in [5.41, 5.74) is 0. The summed E-state index contributed by atoms with van der Waals surface area (Å²) in [6.07, 6.45) is 5.22. The molecule has 0 unspecified atom stereocenters. The van der Waals surface area contributed by atoms with Crippen LogP contribution < -0.4 is 0 Å². The summed E-state index contributed by atoms with van der Waals surface area (Å²) >= 11 is 0. The number of esters is 1. The van der Waals surface area contributed by atoms with Gasteiger partial charge >= 0.3 is 5.97 Å². The summed E-state index contributed by atoms with van der Waals surface area (Å²) in [6, 6.07) is 0. The molecule has 0 heterocycles. The van der Waals surface area contributed by atoms with E-state index in [4.69, 9.17) is 42.6 Å². The van der Waals surface area contributed by atoms with E-state index in [1.807, 2.05) is 0 Å². The monoisotopic (exact) mass is 508 g/mol. The van der Waals surface area contributed by atoms with Crippen LogP contribution in [-0.2, 0) is 47.4 Å². The first-order valence-electron chi connectivity index (χ1n) is 12.7. The highest BCUT2D eigenvalue weighted by atomic mass is 16.6. The van der Waals surface area contributed by atoms with Crippen molar-refractivity contribution in [2.24, 2.45) is 0 Å². The maximum atomic E-state index is 11.4. The van der Waals surface area contributed by atoms with Gasteiger partial charge in [-0.05, 0) is 6.42 Å². The summed E-state index contributed by atoms with van der Waals surface area (Å²) in [5, 5.41) is 0. The maximum Gasteiger partial charge on any atom is 0.305 e. The van der Waals surface area contributed by atoms with E-state index in [1.165, 1.54) is 0 Å². The molecule has 0 saturated carbocycles. The zero-order valence-corrected chi connectivity index (χ0v) is 21.7. The average molecular weight is 509 g/mol. The van der Waals surface area contributed by atoms with Gasteiger partial charge in [0.05, 0.1) is 106 Å². The number of ether oxygens (including phenoxy) is 9. The molecule has 0 saturated heterocycles. The van der Waals surface area contributed by atoms with Crippen molar-refractivity contribution in [2.45, 2.75) is 32.6 Å². The lowest BCUT2D eigenvalue weighted by Crippen LogP contribution is -2.15. The molecule has 0 bridgehead atoms. The molecule has 0 aromatic rings. The molecule has 0 aliphatic carbocycles. The molecule has 0 atom stereocenters. The topological polar surface area (TPSA) is 100 Å². The fraction of sp³-hybridized carbons (Fsp3) is 0.880. The molecular formula is C25H48O10. The smallest absolute Gasteiger partial charge is 0.305 e. The predicted molar refractivity (Wildman–Crippen MR) is 132 cm³/mol. The number of carbonyl (C=O) groups excluding carboxylic acids is 1. The minimum absolute atomic E-state index is 0.156. The Balaban J connectivity index is 3.06. The first kappa shape index (κ1) is 33.9. The van der Waals surface area contributed by atoms with E-state index >= 15 is 0 Å². The summed E-state index contributed by atoms with van der Waals surface area (Å²) in [5.74, 6) is -0.156. The van der Waals surface area contributed by atoms with Crippen molar-refractivity contribution in [1.29, 1.82) is 0 Å². The van der Waals surface area contributed by atoms with E-state index in [-0.39, 0.29) is 12.6 Å². The first-order valence-corrected chi connectivity index (χ1v) is 12.7. The fourth-order valence-electron chi connectivity index (χ4n) is 2.51. The quantitative estimate of drug-likeness (QED) is 0.0817. The summed E-state index contributed by atoms with van der Waals surface area (Å²) in [7, 11) is 0. The van der Waals surface area contributed by atoms with Crippen LogP contribution in [0.1, 0.15) is 32.6 Å². The van der Waals surface area contributed by atoms with Crippen molar-refractivity contribution in [3.8, 4) is 0 Å². The van der Waals surface area contributed by atoms with Crippen molar-refractivity contribution in [3.63, 3.8) is 0 Å². The van der Waals surface area contributed by atoms with Gasteiger partial charge in [0.15, 0.2) is 0 Å². The Kier molecular flexibility index (Phi) is 29.9. The lowest BCUT2D eigenvalue weighted by atomic mass is 10.2. The van der Waals surface area contributed by atoms with Crippen LogP contribution in [0.25, 0.3) is 0 Å². The summed E-state index contributed by atoms with van der Waals surface area (Å²) in [6.45, 7) is 14.1. The lowest BCUT2D eigenvalue weighted by molar-refractivity contribution is -0.145. The summed E-state index contributed by atoms with van der Waals surface area (Å²) in [4.78, 5) is 11.4. The van der Waals surface area contributed by atoms with Crippen molar-refractivity contribution >= 4 is 5.97 Å². The first-order chi connectivity index (χ1) is 17.3. The van der Waals surface area contributed by atoms with Crippen LogP contribution in [-0.4, -0.2) is 118 Å². The Morgan fingerprint density at radius 1 is 0.543 bits per heavy atom. The highest BCUT2D eigenvalue weighted by molar-refractivity contribution is 5.69. The van der Waals surface area contributed by atoms with E-state index in [1.54, 1.807) is 6.08 Å². The van der Waals surface area contributed by atoms with Crippen LogP contribution in [0.3, 0.4) is 0 Å². The zero-order valence-electron chi connectivity index (χ0n) is 21.7. The van der Waals surface area contributed by atoms with E-state index in [0.717, 1.165) is 19.3 Å². The molecular weight excluding hydrogens is 460 g/mol. The SMILES string of the molecule is C=CCOCCOCCOCCOCCOCCOCCOCCOCCOC(=O)CCCCC. The van der Waals surface area contributed by atoms with Crippen LogP contribution in [0.5, 0.6) is 0 Å². The molecule has 0 fully saturated rings. The molecule has 0 aromatic carbocycles. The third-order valence-corrected chi connectivity index (χ3v) is 4.31. The number of unbranched alkanes of at least 4 members (excludes halogenated alkanes) is 2. The second-order valence-corrected chi connectivity index (χ2v) is 7.33. The highest BCUT2D eigenvalue weighted by Gasteiger charge is 2.01. The third kappa shape index (κ3) is 30.9. The predicted octanol–water partition coefficient (Wildman–Crippen LogP) is 2.43. The minimum Gasteiger partial charge on any atom is -0.463 e. The maximum absolute atomic E-state index is 11.4. The molecule has 0 spiro atoms. The van der Waals surface area contributed by atoms with Crippen molar-refractivity contribution in [1.82, 2.24) is 0 Å². The molecule has 0 amide bonds. The fourth-order valence-corrected chi connectivity index (χ4v) is 2.51. The molecule has 0 aliphatic heterocycles. The highest BCUT2D eigenvalue weighted by Crippen LogP contribution is 2.00. The molecule has 35 heavy (non-hydrogen) atoms. The Hall–Kier alpha value is -1.11. The summed E-state index contributed by atoms with van der Waals surface area (Å²) < 4.78 is 48.1. The second kappa shape index (κ2) is 30.9. The third-order valence-electron chi connectivity index (χ3n) is 4.31. The molecule has 10 heteroatoms. The van der Waals surface area contributed by atoms with Gasteiger partial charge in [0.2, 0.25) is 0 Å². The van der Waals surface area contributed by atoms with Gasteiger partial charge in [-0.2, -0.15) is 0 Å². The number of rotatable bonds is 30. The molecule has 10 nitrogen and oxygen atoms in total. The van der Waals surface area contributed by atoms with Gasteiger partial charge < -0.3 is 42.6 Å². The Morgan fingerprint density at radius 2 is 0.886 bits per heavy atom. The van der Waals surface area contributed by atoms with E-state index in [0.29, 0.717) is 112 Å². The van der Waals surface area contributed by atoms with Crippen molar-refractivity contribution in [3.05, 3.63) is 12.7 Å². The molecule has 0 aliphatic rings. The van der Waals surface area contributed by atoms with Crippen LogP contribution in [0.4, 0.5) is 0 Å². The van der Waals surface area contributed by atoms with Gasteiger partial charge in [0, 0.05) is 6.42 Å². The van der Waals surface area contributed by atoms with Crippen molar-refractivity contribution < 1.29 is 47.4 Å². The van der Waals surface area contributed by atoms with Crippen LogP contribution >= 0.6 is 0 Å². The van der Waals surface area contributed by atoms with Crippen molar-refractivity contribution in [2.75, 3.05) is 112 Å². The van der Waals surface area contributed by atoms with E-state index in [9.17, 15) is 4.79 Å². The van der Waals surface area contributed by atoms with Crippen LogP contribution in [0, 0.1) is 0 Å². The molecule has 0 radical (unpaired) electrons. The van der Waals surface area contributed by atoms with E-state index in [2.05, 4.69) is 13.5 Å². The standard InChI is InChI=1S/C25H48O10/c1-3-5-6-7-25(26)35-24-23-34-22-21-33-20-19-32-18-17-31-16-15-30-14-13-29-12-11-28-10-9-27-8-4-2/h4H,2-3,5-24H2,1H3. The van der Waals surface area contributed by atoms with Gasteiger partial charge in [-0.1, -0.05) is 25.8 Å². The van der Waals surface area contributed by atoms with Gasteiger partial charge in [0.1, 0.15) is 6.61 Å². The van der Waals surface area contributed by atoms with Gasteiger partial charge in [0.25, 0.3) is 0 Å². The van der Waals surface area contributed by atoms with E-state index < -0.39 is 0 Å².